The number of nitrogens with zero attached hydrogens (tertiary/aromatic N) is 3. The van der Waals surface area contributed by atoms with E-state index in [4.69, 9.17) is 9.47 Å². The van der Waals surface area contributed by atoms with E-state index in [1.807, 2.05) is 26.0 Å². The molecule has 0 aromatic heterocycles. The van der Waals surface area contributed by atoms with Crippen molar-refractivity contribution in [2.75, 3.05) is 46.5 Å². The van der Waals surface area contributed by atoms with E-state index in [2.05, 4.69) is 4.90 Å². The average Bonchev–Trinajstić information content (AvgIpc) is 3.18. The lowest BCUT2D eigenvalue weighted by Gasteiger charge is -2.34. The second kappa shape index (κ2) is 9.80. The van der Waals surface area contributed by atoms with Gasteiger partial charge in [-0.15, -0.1) is 0 Å². The zero-order valence-electron chi connectivity index (χ0n) is 19.3. The average molecular weight is 474 g/mol. The summed E-state index contributed by atoms with van der Waals surface area (Å²) in [6.07, 6.45) is -0.731. The van der Waals surface area contributed by atoms with Crippen LogP contribution in [0.2, 0.25) is 0 Å². The third-order valence-electron chi connectivity index (χ3n) is 6.25. The maximum absolute atomic E-state index is 13.7. The summed E-state index contributed by atoms with van der Waals surface area (Å²) in [7, 11) is -2.24. The van der Waals surface area contributed by atoms with Crippen LogP contribution in [-0.4, -0.2) is 81.0 Å². The molecule has 0 aliphatic carbocycles. The maximum atomic E-state index is 13.7. The second-order valence-corrected chi connectivity index (χ2v) is 10.5. The number of aryl methyl sites for hydroxylation is 1. The van der Waals surface area contributed by atoms with Gasteiger partial charge in [-0.1, -0.05) is 29.8 Å². The van der Waals surface area contributed by atoms with Gasteiger partial charge in [-0.05, 0) is 43.7 Å². The summed E-state index contributed by atoms with van der Waals surface area (Å²) in [5.41, 5.74) is 1.71. The number of ether oxygens (including phenoxy) is 2. The molecular formula is C24H31N3O5S. The van der Waals surface area contributed by atoms with E-state index in [-0.39, 0.29) is 29.9 Å². The Morgan fingerprint density at radius 1 is 1.06 bits per heavy atom. The minimum atomic E-state index is -3.83. The third kappa shape index (κ3) is 4.91. The zero-order chi connectivity index (χ0) is 23.6. The van der Waals surface area contributed by atoms with Crippen molar-refractivity contribution in [3.8, 4) is 5.75 Å². The number of carbonyl (C=O) groups excluding carboxylic acids is 1. The van der Waals surface area contributed by atoms with Crippen molar-refractivity contribution in [3.63, 3.8) is 0 Å². The Labute approximate surface area is 195 Å². The van der Waals surface area contributed by atoms with Crippen molar-refractivity contribution in [1.82, 2.24) is 14.1 Å². The van der Waals surface area contributed by atoms with Crippen molar-refractivity contribution < 1.29 is 22.7 Å². The number of morpholine rings is 1. The number of amides is 1. The number of benzene rings is 2. The zero-order valence-corrected chi connectivity index (χ0v) is 20.1. The Balaban J connectivity index is 1.70. The van der Waals surface area contributed by atoms with Gasteiger partial charge < -0.3 is 14.4 Å². The number of hydrogen-bond donors (Lipinski definition) is 0. The van der Waals surface area contributed by atoms with Gasteiger partial charge in [0.05, 0.1) is 31.8 Å². The van der Waals surface area contributed by atoms with Gasteiger partial charge in [-0.25, -0.2) is 8.42 Å². The fourth-order valence-electron chi connectivity index (χ4n) is 4.42. The monoisotopic (exact) mass is 473 g/mol. The highest BCUT2D eigenvalue weighted by Gasteiger charge is 2.47. The molecule has 2 aliphatic heterocycles. The van der Waals surface area contributed by atoms with Crippen LogP contribution in [0.5, 0.6) is 5.75 Å². The Morgan fingerprint density at radius 3 is 2.30 bits per heavy atom. The molecule has 9 heteroatoms. The van der Waals surface area contributed by atoms with Crippen molar-refractivity contribution >= 4 is 15.9 Å². The normalized spacial score (nSPS) is 22.5. The Kier molecular flexibility index (Phi) is 7.04. The first-order valence-electron chi connectivity index (χ1n) is 11.1. The Bertz CT molecular complexity index is 1070. The van der Waals surface area contributed by atoms with Crippen LogP contribution in [0.3, 0.4) is 0 Å². The van der Waals surface area contributed by atoms with Gasteiger partial charge >= 0.3 is 0 Å². The molecule has 0 spiro atoms. The summed E-state index contributed by atoms with van der Waals surface area (Å²) < 4.78 is 39.5. The standard InChI is InChI=1S/C24H31N3O5S/c1-18-4-10-22(11-5-18)33(29,30)26-16-19(2)27(23(28)17-25-12-14-32-15-13-25)24(26)20-6-8-21(31-3)9-7-20/h4-11,19,24H,12-17H2,1-3H3/t19-,24-/m1/s1. The molecule has 2 aromatic carbocycles. The molecule has 0 radical (unpaired) electrons. The van der Waals surface area contributed by atoms with E-state index >= 15 is 0 Å². The largest absolute Gasteiger partial charge is 0.497 e. The third-order valence-corrected chi connectivity index (χ3v) is 8.08. The fourth-order valence-corrected chi connectivity index (χ4v) is 6.07. The number of carbonyl (C=O) groups is 1. The van der Waals surface area contributed by atoms with Crippen LogP contribution in [0.1, 0.15) is 24.2 Å². The van der Waals surface area contributed by atoms with Gasteiger partial charge in [0.25, 0.3) is 0 Å². The van der Waals surface area contributed by atoms with Gasteiger partial charge in [0.15, 0.2) is 0 Å². The van der Waals surface area contributed by atoms with E-state index in [1.165, 1.54) is 4.31 Å². The molecule has 33 heavy (non-hydrogen) atoms. The van der Waals surface area contributed by atoms with Crippen molar-refractivity contribution in [3.05, 3.63) is 59.7 Å². The lowest BCUT2D eigenvalue weighted by molar-refractivity contribution is -0.137. The van der Waals surface area contributed by atoms with Gasteiger partial charge in [0.2, 0.25) is 15.9 Å². The van der Waals surface area contributed by atoms with E-state index in [9.17, 15) is 13.2 Å². The molecule has 0 N–H and O–H groups in total. The topological polar surface area (TPSA) is 79.4 Å². The Morgan fingerprint density at radius 2 is 1.70 bits per heavy atom. The number of methoxy groups -OCH3 is 1. The van der Waals surface area contributed by atoms with Crippen LogP contribution < -0.4 is 4.74 Å². The molecule has 0 bridgehead atoms. The molecule has 178 valence electrons. The lowest BCUT2D eigenvalue weighted by atomic mass is 10.1. The first-order chi connectivity index (χ1) is 15.8. The minimum absolute atomic E-state index is 0.0909. The van der Waals surface area contributed by atoms with Crippen LogP contribution >= 0.6 is 0 Å². The summed E-state index contributed by atoms with van der Waals surface area (Å²) in [4.78, 5) is 17.5. The van der Waals surface area contributed by atoms with Crippen LogP contribution in [-0.2, 0) is 19.6 Å². The second-order valence-electron chi connectivity index (χ2n) is 8.57. The van der Waals surface area contributed by atoms with Gasteiger partial charge in [-0.3, -0.25) is 9.69 Å². The molecule has 2 saturated heterocycles. The molecular weight excluding hydrogens is 442 g/mol. The predicted molar refractivity (Wildman–Crippen MR) is 124 cm³/mol. The molecule has 2 aromatic rings. The highest BCUT2D eigenvalue weighted by molar-refractivity contribution is 7.89. The summed E-state index contributed by atoms with van der Waals surface area (Å²) >= 11 is 0. The van der Waals surface area contributed by atoms with Crippen LogP contribution in [0.4, 0.5) is 0 Å². The van der Waals surface area contributed by atoms with E-state index in [0.717, 1.165) is 11.1 Å². The summed E-state index contributed by atoms with van der Waals surface area (Å²) in [6, 6.07) is 13.8. The molecule has 4 rings (SSSR count). The first kappa shape index (κ1) is 23.7. The Hall–Kier alpha value is -2.46. The smallest absolute Gasteiger partial charge is 0.245 e. The molecule has 2 heterocycles. The molecule has 0 saturated carbocycles. The van der Waals surface area contributed by atoms with Gasteiger partial charge in [0.1, 0.15) is 11.9 Å². The minimum Gasteiger partial charge on any atom is -0.497 e. The van der Waals surface area contributed by atoms with Gasteiger partial charge in [-0.2, -0.15) is 4.31 Å². The van der Waals surface area contributed by atoms with E-state index in [0.29, 0.717) is 32.1 Å². The van der Waals surface area contributed by atoms with Gasteiger partial charge in [0, 0.05) is 25.7 Å². The predicted octanol–water partition coefficient (Wildman–Crippen LogP) is 2.26. The summed E-state index contributed by atoms with van der Waals surface area (Å²) in [5.74, 6) is 0.579. The molecule has 0 unspecified atom stereocenters. The SMILES string of the molecule is COc1ccc([C@H]2N(C(=O)CN3CCOCC3)[C@H](C)CN2S(=O)(=O)c2ccc(C)cc2)cc1. The molecule has 2 atom stereocenters. The fraction of sp³-hybridized carbons (Fsp3) is 0.458. The first-order valence-corrected chi connectivity index (χ1v) is 12.6. The van der Waals surface area contributed by atoms with Crippen LogP contribution in [0.15, 0.2) is 53.4 Å². The molecule has 2 fully saturated rings. The van der Waals surface area contributed by atoms with Crippen LogP contribution in [0, 0.1) is 6.92 Å². The molecule has 8 nitrogen and oxygen atoms in total. The number of sulfonamides is 1. The highest BCUT2D eigenvalue weighted by atomic mass is 32.2. The maximum Gasteiger partial charge on any atom is 0.245 e. The van der Waals surface area contributed by atoms with Crippen LogP contribution in [0.25, 0.3) is 0 Å². The highest BCUT2D eigenvalue weighted by Crippen LogP contribution is 2.38. The lowest BCUT2D eigenvalue weighted by Crippen LogP contribution is -2.47. The molecule has 2 aliphatic rings. The number of hydrogen-bond acceptors (Lipinski definition) is 6. The van der Waals surface area contributed by atoms with Crippen molar-refractivity contribution in [2.24, 2.45) is 0 Å². The number of rotatable bonds is 6. The van der Waals surface area contributed by atoms with Crippen molar-refractivity contribution in [2.45, 2.75) is 31.0 Å². The van der Waals surface area contributed by atoms with E-state index < -0.39 is 16.2 Å². The molecule has 1 amide bonds. The quantitative estimate of drug-likeness (QED) is 0.640. The summed E-state index contributed by atoms with van der Waals surface area (Å²) in [6.45, 7) is 6.84. The summed E-state index contributed by atoms with van der Waals surface area (Å²) in [5, 5.41) is 0. The van der Waals surface area contributed by atoms with Crippen molar-refractivity contribution in [1.29, 1.82) is 0 Å². The van der Waals surface area contributed by atoms with E-state index in [1.54, 1.807) is 48.4 Å².